The van der Waals surface area contributed by atoms with Gasteiger partial charge in [0.25, 0.3) is 0 Å². The van der Waals surface area contributed by atoms with Gasteiger partial charge >= 0.3 is 0 Å². The van der Waals surface area contributed by atoms with Gasteiger partial charge in [0.05, 0.1) is 11.0 Å². The molecule has 0 unspecified atom stereocenters. The number of hydrogen-bond acceptors (Lipinski definition) is 2. The van der Waals surface area contributed by atoms with Gasteiger partial charge in [0.1, 0.15) is 0 Å². The topological polar surface area (TPSA) is 35.6 Å². The number of para-hydroxylation sites is 1. The molecule has 4 nitrogen and oxygen atoms in total. The lowest BCUT2D eigenvalue weighted by Crippen LogP contribution is -2.00. The molecule has 0 atom stereocenters. The van der Waals surface area contributed by atoms with Crippen LogP contribution in [0.4, 0.5) is 0 Å². The maximum absolute atomic E-state index is 4.73. The van der Waals surface area contributed by atoms with E-state index in [0.717, 1.165) is 39.7 Å². The van der Waals surface area contributed by atoms with Crippen LogP contribution in [-0.2, 0) is 0 Å². The first-order valence-electron chi connectivity index (χ1n) is 20.7. The summed E-state index contributed by atoms with van der Waals surface area (Å²) in [5.74, 6) is 1.61. The van der Waals surface area contributed by atoms with Gasteiger partial charge in [-0.3, -0.25) is 4.57 Å². The van der Waals surface area contributed by atoms with Gasteiger partial charge in [-0.25, -0.2) is 0 Å². The molecule has 2 heterocycles. The summed E-state index contributed by atoms with van der Waals surface area (Å²) in [5.41, 5.74) is 17.3. The van der Waals surface area contributed by atoms with E-state index in [4.69, 9.17) is 5.10 Å². The Bertz CT molecular complexity index is 3330. The fourth-order valence-corrected chi connectivity index (χ4v) is 8.82. The predicted octanol–water partition coefficient (Wildman–Crippen LogP) is 14.7. The second-order valence-corrected chi connectivity index (χ2v) is 15.6. The molecule has 0 aliphatic heterocycles. The van der Waals surface area contributed by atoms with Crippen molar-refractivity contribution < 1.29 is 0 Å². The third kappa shape index (κ3) is 6.52. The Labute approximate surface area is 355 Å². The fraction of sp³-hybridized carbons (Fsp3) is 0.0175. The molecule has 0 bridgehead atoms. The predicted molar refractivity (Wildman–Crippen MR) is 253 cm³/mol. The number of nitrogens with zero attached hydrogens (tertiary/aromatic N) is 4. The molecule has 288 valence electrons. The highest BCUT2D eigenvalue weighted by molar-refractivity contribution is 6.10. The SMILES string of the molecule is Cc1ccc2c(c1)c1cc(-c3ccccc3)ccc1n2-c1ccc(-c2ccccc2-c2ccccc2-c2ccc(-c3nnc(-c4ccccc4)n3-c3ccccc3)cc2)cc1. The van der Waals surface area contributed by atoms with Crippen molar-refractivity contribution in [3.8, 4) is 78.7 Å². The fourth-order valence-electron chi connectivity index (χ4n) is 8.82. The van der Waals surface area contributed by atoms with Gasteiger partial charge in [0.2, 0.25) is 0 Å². The first-order chi connectivity index (χ1) is 30.2. The van der Waals surface area contributed by atoms with Gasteiger partial charge in [-0.15, -0.1) is 10.2 Å². The number of benzene rings is 9. The summed E-state index contributed by atoms with van der Waals surface area (Å²) < 4.78 is 4.54. The highest BCUT2D eigenvalue weighted by Gasteiger charge is 2.19. The molecule has 0 aliphatic rings. The Kier molecular flexibility index (Phi) is 9.02. The molecule has 0 N–H and O–H groups in total. The van der Waals surface area contributed by atoms with E-state index >= 15 is 0 Å². The largest absolute Gasteiger partial charge is 0.309 e. The monoisotopic (exact) mass is 780 g/mol. The first kappa shape index (κ1) is 36.0. The van der Waals surface area contributed by atoms with E-state index in [2.05, 4.69) is 209 Å². The smallest absolute Gasteiger partial charge is 0.168 e. The molecule has 0 saturated carbocycles. The van der Waals surface area contributed by atoms with Crippen LogP contribution >= 0.6 is 0 Å². The number of aromatic nitrogens is 4. The van der Waals surface area contributed by atoms with Crippen molar-refractivity contribution in [1.29, 1.82) is 0 Å². The number of aryl methyl sites for hydroxylation is 1. The molecular formula is C57H40N4. The third-order valence-electron chi connectivity index (χ3n) is 11.8. The summed E-state index contributed by atoms with van der Waals surface area (Å²) in [4.78, 5) is 0. The van der Waals surface area contributed by atoms with Gasteiger partial charge in [0.15, 0.2) is 11.6 Å². The van der Waals surface area contributed by atoms with E-state index < -0.39 is 0 Å². The lowest BCUT2D eigenvalue weighted by atomic mass is 9.89. The van der Waals surface area contributed by atoms with E-state index in [1.54, 1.807) is 0 Å². The molecule has 61 heavy (non-hydrogen) atoms. The van der Waals surface area contributed by atoms with E-state index in [9.17, 15) is 0 Å². The summed E-state index contributed by atoms with van der Waals surface area (Å²) in [6.07, 6.45) is 0. The standard InChI is InChI=1S/C57H40N4/c1-39-25-35-54-52(37-39)53-38-45(40-15-5-2-6-16-40)32-36-55(53)60(54)47-33-30-42(31-34-47)49-22-12-14-24-51(49)50-23-13-11-21-48(50)41-26-28-44(29-27-41)57-59-58-56(43-17-7-3-8-18-43)61(57)46-19-9-4-10-20-46/h2-38H,1H3. The molecule has 4 heteroatoms. The molecule has 0 amide bonds. The van der Waals surface area contributed by atoms with Crippen LogP contribution in [0.3, 0.4) is 0 Å². The molecular weight excluding hydrogens is 741 g/mol. The molecule has 0 aliphatic carbocycles. The Balaban J connectivity index is 0.950. The Morgan fingerprint density at radius 3 is 1.30 bits per heavy atom. The van der Waals surface area contributed by atoms with Crippen molar-refractivity contribution in [1.82, 2.24) is 19.3 Å². The zero-order valence-corrected chi connectivity index (χ0v) is 33.7. The molecule has 0 fully saturated rings. The van der Waals surface area contributed by atoms with Crippen LogP contribution in [0.5, 0.6) is 0 Å². The lowest BCUT2D eigenvalue weighted by molar-refractivity contribution is 1.07. The average Bonchev–Trinajstić information content (AvgIpc) is 3.92. The summed E-state index contributed by atoms with van der Waals surface area (Å²) >= 11 is 0. The first-order valence-corrected chi connectivity index (χ1v) is 20.7. The van der Waals surface area contributed by atoms with E-state index in [-0.39, 0.29) is 0 Å². The van der Waals surface area contributed by atoms with Gasteiger partial charge in [-0.2, -0.15) is 0 Å². The number of hydrogen-bond donors (Lipinski definition) is 0. The summed E-state index contributed by atoms with van der Waals surface area (Å²) in [5, 5.41) is 11.9. The van der Waals surface area contributed by atoms with Crippen LogP contribution in [-0.4, -0.2) is 19.3 Å². The van der Waals surface area contributed by atoms with E-state index in [1.165, 1.54) is 66.3 Å². The minimum absolute atomic E-state index is 0.798. The molecule has 2 aromatic heterocycles. The molecule has 0 saturated heterocycles. The number of fused-ring (bicyclic) bond motifs is 3. The minimum Gasteiger partial charge on any atom is -0.309 e. The van der Waals surface area contributed by atoms with Crippen molar-refractivity contribution in [2.75, 3.05) is 0 Å². The highest BCUT2D eigenvalue weighted by Crippen LogP contribution is 2.40. The normalized spacial score (nSPS) is 11.4. The summed E-state index contributed by atoms with van der Waals surface area (Å²) in [6.45, 7) is 2.17. The highest BCUT2D eigenvalue weighted by atomic mass is 15.3. The second kappa shape index (κ2) is 15.3. The zero-order valence-electron chi connectivity index (χ0n) is 33.7. The molecule has 11 aromatic rings. The Hall–Kier alpha value is -8.08. The average molecular weight is 781 g/mol. The van der Waals surface area contributed by atoms with Crippen LogP contribution in [0.2, 0.25) is 0 Å². The Morgan fingerprint density at radius 1 is 0.295 bits per heavy atom. The van der Waals surface area contributed by atoms with Crippen LogP contribution in [0.15, 0.2) is 224 Å². The maximum atomic E-state index is 4.73. The van der Waals surface area contributed by atoms with Crippen LogP contribution < -0.4 is 0 Å². The Morgan fingerprint density at radius 2 is 0.705 bits per heavy atom. The molecule has 11 rings (SSSR count). The van der Waals surface area contributed by atoms with Gasteiger partial charge in [-0.05, 0) is 100.0 Å². The van der Waals surface area contributed by atoms with Crippen molar-refractivity contribution in [2.45, 2.75) is 6.92 Å². The molecule has 9 aromatic carbocycles. The van der Waals surface area contributed by atoms with Crippen molar-refractivity contribution in [2.24, 2.45) is 0 Å². The summed E-state index contributed by atoms with van der Waals surface area (Å²) in [7, 11) is 0. The van der Waals surface area contributed by atoms with Gasteiger partial charge in [-0.1, -0.05) is 181 Å². The van der Waals surface area contributed by atoms with E-state index in [0.29, 0.717) is 0 Å². The number of rotatable bonds is 8. The minimum atomic E-state index is 0.798. The van der Waals surface area contributed by atoms with Crippen LogP contribution in [0.25, 0.3) is 100 Å². The van der Waals surface area contributed by atoms with Gasteiger partial charge in [0, 0.05) is 33.3 Å². The zero-order chi connectivity index (χ0) is 40.7. The quantitative estimate of drug-likeness (QED) is 0.154. The molecule has 0 spiro atoms. The van der Waals surface area contributed by atoms with E-state index in [1.807, 2.05) is 36.4 Å². The van der Waals surface area contributed by atoms with Crippen LogP contribution in [0.1, 0.15) is 5.56 Å². The molecule has 0 radical (unpaired) electrons. The second-order valence-electron chi connectivity index (χ2n) is 15.6. The van der Waals surface area contributed by atoms with Crippen LogP contribution in [0, 0.1) is 6.92 Å². The third-order valence-corrected chi connectivity index (χ3v) is 11.8. The van der Waals surface area contributed by atoms with Crippen molar-refractivity contribution in [3.05, 3.63) is 230 Å². The van der Waals surface area contributed by atoms with Gasteiger partial charge < -0.3 is 4.57 Å². The summed E-state index contributed by atoms with van der Waals surface area (Å²) in [6, 6.07) is 80.1. The van der Waals surface area contributed by atoms with Crippen molar-refractivity contribution >= 4 is 21.8 Å². The van der Waals surface area contributed by atoms with Crippen molar-refractivity contribution in [3.63, 3.8) is 0 Å². The lowest BCUT2D eigenvalue weighted by Gasteiger charge is -2.16. The maximum Gasteiger partial charge on any atom is 0.168 e.